The zero-order valence-electron chi connectivity index (χ0n) is 19.6. The Morgan fingerprint density at radius 1 is 0.970 bits per heavy atom. The summed E-state index contributed by atoms with van der Waals surface area (Å²) in [6, 6.07) is 0. The van der Waals surface area contributed by atoms with Crippen molar-refractivity contribution in [3.05, 3.63) is 0 Å². The molecule has 0 radical (unpaired) electrons. The summed E-state index contributed by atoms with van der Waals surface area (Å²) in [7, 11) is 0. The predicted molar refractivity (Wildman–Crippen MR) is 116 cm³/mol. The summed E-state index contributed by atoms with van der Waals surface area (Å²) in [6.07, 6.45) is 0.719. The Kier molecular flexibility index (Phi) is 5.93. The normalized spacial score (nSPS) is 54.3. The van der Waals surface area contributed by atoms with Crippen LogP contribution in [0.2, 0.25) is 0 Å². The van der Waals surface area contributed by atoms with Gasteiger partial charge in [-0.2, -0.15) is 0 Å². The Morgan fingerprint density at radius 3 is 2.45 bits per heavy atom. The average Bonchev–Trinajstić information content (AvgIpc) is 3.08. The summed E-state index contributed by atoms with van der Waals surface area (Å²) in [4.78, 5) is 24.0. The van der Waals surface area contributed by atoms with Crippen LogP contribution in [0.15, 0.2) is 0 Å². The molecule has 1 heterocycles. The lowest BCUT2D eigenvalue weighted by atomic mass is 9.45. The van der Waals surface area contributed by atoms with Crippen molar-refractivity contribution in [1.29, 1.82) is 0 Å². The van der Waals surface area contributed by atoms with Crippen molar-refractivity contribution in [2.75, 3.05) is 0 Å². The molecule has 4 saturated carbocycles. The van der Waals surface area contributed by atoms with Gasteiger partial charge in [0.25, 0.3) is 0 Å². The molecule has 1 aliphatic heterocycles. The number of ketones is 1. The van der Waals surface area contributed by atoms with E-state index in [1.807, 2.05) is 0 Å². The number of hydrogen-bond acceptors (Lipinski definition) is 7. The number of Topliss-reactive ketones (excluding diaryl/α,β-unsaturated/α-hetero) is 1. The first kappa shape index (κ1) is 23.7. The van der Waals surface area contributed by atoms with E-state index < -0.39 is 36.7 Å². The highest BCUT2D eigenvalue weighted by Gasteiger charge is 2.60. The summed E-state index contributed by atoms with van der Waals surface area (Å²) >= 11 is 0. The first-order valence-electron chi connectivity index (χ1n) is 12.7. The van der Waals surface area contributed by atoms with Crippen molar-refractivity contribution >= 4 is 11.8 Å². The van der Waals surface area contributed by atoms with Gasteiger partial charge in [-0.1, -0.05) is 13.8 Å². The van der Waals surface area contributed by atoms with Crippen LogP contribution in [0.4, 0.5) is 0 Å². The van der Waals surface area contributed by atoms with Gasteiger partial charge >= 0.3 is 5.97 Å². The molecule has 1 saturated heterocycles. The highest BCUT2D eigenvalue weighted by atomic mass is 16.7. The van der Waals surface area contributed by atoms with E-state index in [1.165, 1.54) is 0 Å². The number of rotatable bonds is 3. The van der Waals surface area contributed by atoms with E-state index in [-0.39, 0.29) is 16.9 Å². The number of fused-ring (bicyclic) bond motifs is 5. The van der Waals surface area contributed by atoms with Crippen LogP contribution in [0.3, 0.4) is 0 Å². The topological polar surface area (TPSA) is 134 Å². The van der Waals surface area contributed by atoms with E-state index in [0.29, 0.717) is 29.5 Å². The summed E-state index contributed by atoms with van der Waals surface area (Å²) in [6.45, 7) is 4.62. The first-order valence-corrected chi connectivity index (χ1v) is 12.7. The van der Waals surface area contributed by atoms with E-state index in [4.69, 9.17) is 9.47 Å². The molecule has 0 aromatic rings. The van der Waals surface area contributed by atoms with Crippen molar-refractivity contribution < 1.29 is 39.5 Å². The quantitative estimate of drug-likeness (QED) is 0.463. The van der Waals surface area contributed by atoms with Crippen LogP contribution in [-0.2, 0) is 19.1 Å². The van der Waals surface area contributed by atoms with Crippen molar-refractivity contribution in [2.45, 2.75) is 108 Å². The predicted octanol–water partition coefficient (Wildman–Crippen LogP) is 1.88. The number of hydrogen-bond donors (Lipinski definition) is 4. The molecule has 4 N–H and O–H groups in total. The fourth-order valence-corrected chi connectivity index (χ4v) is 8.47. The molecule has 0 bridgehead atoms. The summed E-state index contributed by atoms with van der Waals surface area (Å²) in [5, 5.41) is 39.6. The number of carbonyl (C=O) groups excluding carboxylic acids is 1. The molecule has 186 valence electrons. The molecule has 33 heavy (non-hydrogen) atoms. The van der Waals surface area contributed by atoms with Gasteiger partial charge in [0.2, 0.25) is 0 Å². The fourth-order valence-electron chi connectivity index (χ4n) is 8.47. The fraction of sp³-hybridized carbons (Fsp3) is 0.920. The maximum atomic E-state index is 12.6. The van der Waals surface area contributed by atoms with Crippen LogP contribution in [0.5, 0.6) is 0 Å². The van der Waals surface area contributed by atoms with Gasteiger partial charge in [0.15, 0.2) is 12.4 Å². The third kappa shape index (κ3) is 3.59. The standard InChI is InChI=1S/C25H38O8/c1-24-9-7-13(32-23-20(29)18(27)19(28)21(33-23)22(30)31)11-12(24)3-4-14-15-5-6-17(26)25(15,2)10-8-16(14)24/h12-16,18-21,23,27-29H,3-11H2,1-2H3,(H,30,31)/t12-,13+,14+,15+,16+,18-,19-,20+,21-,23+,24-,25-/m0/s1. The maximum absolute atomic E-state index is 12.6. The van der Waals surface area contributed by atoms with Crippen molar-refractivity contribution in [2.24, 2.45) is 34.5 Å². The highest BCUT2D eigenvalue weighted by molar-refractivity contribution is 5.87. The van der Waals surface area contributed by atoms with Gasteiger partial charge in [-0.25, -0.2) is 4.79 Å². The zero-order valence-corrected chi connectivity index (χ0v) is 19.6. The third-order valence-electron chi connectivity index (χ3n) is 10.5. The number of carboxylic acids is 1. The smallest absolute Gasteiger partial charge is 0.335 e. The Morgan fingerprint density at radius 2 is 1.73 bits per heavy atom. The van der Waals surface area contributed by atoms with E-state index in [9.17, 15) is 30.0 Å². The molecule has 5 aliphatic rings. The van der Waals surface area contributed by atoms with Crippen LogP contribution >= 0.6 is 0 Å². The molecule has 0 unspecified atom stereocenters. The molecule has 5 fully saturated rings. The Labute approximate surface area is 194 Å². The number of carboxylic acid groups (broad SMARTS) is 1. The molecule has 8 nitrogen and oxygen atoms in total. The second-order valence-corrected chi connectivity index (χ2v) is 11.8. The minimum absolute atomic E-state index is 0.120. The Balaban J connectivity index is 1.26. The van der Waals surface area contributed by atoms with Crippen LogP contribution in [0.1, 0.15) is 71.6 Å². The number of aliphatic carboxylic acids is 1. The van der Waals surface area contributed by atoms with Crippen molar-refractivity contribution in [3.63, 3.8) is 0 Å². The number of carbonyl (C=O) groups is 2. The lowest BCUT2D eigenvalue weighted by Crippen LogP contribution is -2.61. The van der Waals surface area contributed by atoms with Gasteiger partial charge < -0.3 is 29.9 Å². The van der Waals surface area contributed by atoms with E-state index in [0.717, 1.165) is 57.8 Å². The SMILES string of the molecule is C[C@]12CC[C@@H](O[C@@H]3O[C@H](C(=O)O)[C@@H](O)[C@H](O)[C@H]3O)C[C@@H]1CC[C@H]1[C@H]2CC[C@]2(C)C(=O)CC[C@H]12. The van der Waals surface area contributed by atoms with Gasteiger partial charge in [0, 0.05) is 11.8 Å². The Bertz CT molecular complexity index is 801. The van der Waals surface area contributed by atoms with Gasteiger partial charge in [-0.3, -0.25) is 4.79 Å². The highest BCUT2D eigenvalue weighted by Crippen LogP contribution is 2.65. The lowest BCUT2D eigenvalue weighted by Gasteiger charge is -2.60. The molecule has 8 heteroatoms. The molecule has 0 aromatic heterocycles. The number of aliphatic hydroxyl groups is 3. The molecule has 0 aromatic carbocycles. The molecular weight excluding hydrogens is 428 g/mol. The average molecular weight is 467 g/mol. The van der Waals surface area contributed by atoms with E-state index in [1.54, 1.807) is 0 Å². The minimum Gasteiger partial charge on any atom is -0.479 e. The zero-order chi connectivity index (χ0) is 23.7. The minimum atomic E-state index is -1.71. The summed E-state index contributed by atoms with van der Waals surface area (Å²) < 4.78 is 11.4. The maximum Gasteiger partial charge on any atom is 0.335 e. The van der Waals surface area contributed by atoms with E-state index in [2.05, 4.69) is 13.8 Å². The molecular formula is C25H38O8. The number of ether oxygens (including phenoxy) is 2. The lowest BCUT2D eigenvalue weighted by molar-refractivity contribution is -0.309. The third-order valence-corrected chi connectivity index (χ3v) is 10.5. The molecule has 12 atom stereocenters. The van der Waals surface area contributed by atoms with Crippen molar-refractivity contribution in [1.82, 2.24) is 0 Å². The van der Waals surface area contributed by atoms with Gasteiger partial charge in [-0.15, -0.1) is 0 Å². The van der Waals surface area contributed by atoms with Crippen LogP contribution < -0.4 is 0 Å². The second kappa shape index (κ2) is 8.26. The van der Waals surface area contributed by atoms with Crippen LogP contribution in [0, 0.1) is 34.5 Å². The van der Waals surface area contributed by atoms with Gasteiger partial charge in [0.05, 0.1) is 6.10 Å². The van der Waals surface area contributed by atoms with Crippen LogP contribution in [-0.4, -0.2) is 69.0 Å². The summed E-state index contributed by atoms with van der Waals surface area (Å²) in [5.41, 5.74) is 0.0757. The Hall–Kier alpha value is -1.06. The molecule has 4 aliphatic carbocycles. The second-order valence-electron chi connectivity index (χ2n) is 11.8. The van der Waals surface area contributed by atoms with Crippen molar-refractivity contribution in [3.8, 4) is 0 Å². The van der Waals surface area contributed by atoms with E-state index >= 15 is 0 Å². The first-order chi connectivity index (χ1) is 15.6. The van der Waals surface area contributed by atoms with Gasteiger partial charge in [-0.05, 0) is 80.5 Å². The monoisotopic (exact) mass is 466 g/mol. The van der Waals surface area contributed by atoms with Gasteiger partial charge in [0.1, 0.15) is 24.1 Å². The molecule has 0 amide bonds. The van der Waals surface area contributed by atoms with Crippen LogP contribution in [0.25, 0.3) is 0 Å². The molecule has 0 spiro atoms. The molecule has 5 rings (SSSR count). The number of aliphatic hydroxyl groups excluding tert-OH is 3. The summed E-state index contributed by atoms with van der Waals surface area (Å²) in [5.74, 6) is 1.28. The largest absolute Gasteiger partial charge is 0.479 e.